The second-order valence-electron chi connectivity index (χ2n) is 9.87. The summed E-state index contributed by atoms with van der Waals surface area (Å²) in [5, 5.41) is 20.3. The molecule has 0 bridgehead atoms. The number of hydrogen-bond donors (Lipinski definition) is 2. The predicted octanol–water partition coefficient (Wildman–Crippen LogP) is 2.18. The molecule has 0 heterocycles. The van der Waals surface area contributed by atoms with E-state index in [1.54, 1.807) is 0 Å². The van der Waals surface area contributed by atoms with Crippen molar-refractivity contribution in [3.8, 4) is 0 Å². The first-order valence-electron chi connectivity index (χ1n) is 14.5. The summed E-state index contributed by atoms with van der Waals surface area (Å²) >= 11 is 0. The van der Waals surface area contributed by atoms with E-state index in [1.807, 2.05) is 0 Å². The Hall–Kier alpha value is -4.24. The van der Waals surface area contributed by atoms with E-state index in [0.29, 0.717) is 25.7 Å². The SMILES string of the molecule is C=CC(=O)OCCCCOCC(O)COC(=O)c1cc(C(=O)OCC(O)COCCCCOC(=O)C=C)c(C(C)=O)cc1C(C)=O. The zero-order chi connectivity index (χ0) is 34.5. The van der Waals surface area contributed by atoms with Crippen LogP contribution in [0.3, 0.4) is 0 Å². The Balaban J connectivity index is 2.70. The Kier molecular flexibility index (Phi) is 19.3. The molecule has 2 atom stereocenters. The summed E-state index contributed by atoms with van der Waals surface area (Å²) in [5.74, 6) is -4.29. The predicted molar refractivity (Wildman–Crippen MR) is 161 cm³/mol. The lowest BCUT2D eigenvalue weighted by molar-refractivity contribution is -0.138. The Morgan fingerprint density at radius 1 is 0.587 bits per heavy atom. The van der Waals surface area contributed by atoms with Gasteiger partial charge in [-0.3, -0.25) is 9.59 Å². The second-order valence-corrected chi connectivity index (χ2v) is 9.87. The van der Waals surface area contributed by atoms with Crippen LogP contribution in [0.2, 0.25) is 0 Å². The van der Waals surface area contributed by atoms with E-state index in [9.17, 15) is 39.0 Å². The van der Waals surface area contributed by atoms with Gasteiger partial charge in [-0.15, -0.1) is 0 Å². The van der Waals surface area contributed by atoms with Gasteiger partial charge >= 0.3 is 23.9 Å². The molecule has 2 unspecified atom stereocenters. The molecular formula is C32H42O14. The van der Waals surface area contributed by atoms with E-state index >= 15 is 0 Å². The van der Waals surface area contributed by atoms with Crippen LogP contribution in [0.4, 0.5) is 0 Å². The number of carbonyl (C=O) groups is 6. The quantitative estimate of drug-likeness (QED) is 0.0542. The molecule has 0 saturated heterocycles. The van der Waals surface area contributed by atoms with Gasteiger partial charge in [0.15, 0.2) is 11.6 Å². The molecule has 0 radical (unpaired) electrons. The molecule has 14 heteroatoms. The van der Waals surface area contributed by atoms with Crippen molar-refractivity contribution in [2.75, 3.05) is 52.9 Å². The minimum Gasteiger partial charge on any atom is -0.463 e. The molecule has 0 fully saturated rings. The monoisotopic (exact) mass is 650 g/mol. The lowest BCUT2D eigenvalue weighted by Gasteiger charge is -2.16. The fraction of sp³-hybridized carbons (Fsp3) is 0.500. The van der Waals surface area contributed by atoms with Crippen molar-refractivity contribution in [1.82, 2.24) is 0 Å². The number of benzene rings is 1. The molecular weight excluding hydrogens is 608 g/mol. The Bertz CT molecular complexity index is 1130. The summed E-state index contributed by atoms with van der Waals surface area (Å²) in [6.45, 7) is 8.48. The minimum atomic E-state index is -1.21. The highest BCUT2D eigenvalue weighted by molar-refractivity contribution is 6.12. The van der Waals surface area contributed by atoms with Crippen LogP contribution in [-0.4, -0.2) is 111 Å². The Morgan fingerprint density at radius 3 is 1.28 bits per heavy atom. The molecule has 0 saturated carbocycles. The molecule has 14 nitrogen and oxygen atoms in total. The van der Waals surface area contributed by atoms with Crippen LogP contribution in [-0.2, 0) is 38.0 Å². The minimum absolute atomic E-state index is 0.169. The summed E-state index contributed by atoms with van der Waals surface area (Å²) < 4.78 is 30.6. The van der Waals surface area contributed by atoms with Crippen LogP contribution in [0.5, 0.6) is 0 Å². The smallest absolute Gasteiger partial charge is 0.338 e. The van der Waals surface area contributed by atoms with Gasteiger partial charge in [-0.05, 0) is 51.7 Å². The number of esters is 4. The highest BCUT2D eigenvalue weighted by Gasteiger charge is 2.26. The molecule has 46 heavy (non-hydrogen) atoms. The van der Waals surface area contributed by atoms with Crippen LogP contribution in [0.1, 0.15) is 81.0 Å². The van der Waals surface area contributed by atoms with Crippen molar-refractivity contribution in [2.24, 2.45) is 0 Å². The van der Waals surface area contributed by atoms with E-state index in [4.69, 9.17) is 28.4 Å². The maximum atomic E-state index is 12.9. The van der Waals surface area contributed by atoms with Gasteiger partial charge in [-0.2, -0.15) is 0 Å². The summed E-state index contributed by atoms with van der Waals surface area (Å²) in [7, 11) is 0. The van der Waals surface area contributed by atoms with E-state index < -0.39 is 60.9 Å². The fourth-order valence-corrected chi connectivity index (χ4v) is 3.63. The van der Waals surface area contributed by atoms with Crippen molar-refractivity contribution < 1.29 is 67.4 Å². The number of aliphatic hydroxyl groups is 2. The number of unbranched alkanes of at least 4 members (excludes halogenated alkanes) is 2. The van der Waals surface area contributed by atoms with Crippen molar-refractivity contribution in [1.29, 1.82) is 0 Å². The van der Waals surface area contributed by atoms with Crippen LogP contribution in [0.15, 0.2) is 37.4 Å². The first-order chi connectivity index (χ1) is 21.9. The van der Waals surface area contributed by atoms with Gasteiger partial charge in [-0.1, -0.05) is 13.2 Å². The van der Waals surface area contributed by atoms with Crippen LogP contribution in [0, 0.1) is 0 Å². The molecule has 0 spiro atoms. The van der Waals surface area contributed by atoms with Crippen molar-refractivity contribution >= 4 is 35.4 Å². The largest absolute Gasteiger partial charge is 0.463 e. The summed E-state index contributed by atoms with van der Waals surface area (Å²) in [6, 6.07) is 2.10. The second kappa shape index (κ2) is 22.3. The zero-order valence-corrected chi connectivity index (χ0v) is 26.2. The third-order valence-electron chi connectivity index (χ3n) is 5.98. The first-order valence-corrected chi connectivity index (χ1v) is 14.5. The number of Topliss-reactive ketones (excluding diaryl/α,β-unsaturated/α-hetero) is 2. The van der Waals surface area contributed by atoms with Crippen LogP contribution >= 0.6 is 0 Å². The fourth-order valence-electron chi connectivity index (χ4n) is 3.63. The molecule has 0 aliphatic carbocycles. The van der Waals surface area contributed by atoms with Gasteiger partial charge in [0, 0.05) is 36.5 Å². The van der Waals surface area contributed by atoms with Gasteiger partial charge in [-0.25, -0.2) is 19.2 Å². The summed E-state index contributed by atoms with van der Waals surface area (Å²) in [4.78, 5) is 72.3. The van der Waals surface area contributed by atoms with E-state index in [-0.39, 0.29) is 61.9 Å². The molecule has 0 aliphatic heterocycles. The van der Waals surface area contributed by atoms with Crippen molar-refractivity contribution in [3.05, 3.63) is 59.7 Å². The van der Waals surface area contributed by atoms with Gasteiger partial charge in [0.05, 0.1) is 37.6 Å². The average Bonchev–Trinajstić information content (AvgIpc) is 3.03. The van der Waals surface area contributed by atoms with Crippen molar-refractivity contribution in [2.45, 2.75) is 51.7 Å². The average molecular weight is 651 g/mol. The number of ketones is 2. The topological polar surface area (TPSA) is 198 Å². The molecule has 2 N–H and O–H groups in total. The number of hydrogen-bond acceptors (Lipinski definition) is 14. The molecule has 1 aromatic rings. The number of carbonyl (C=O) groups excluding carboxylic acids is 6. The molecule has 0 aromatic heterocycles. The summed E-state index contributed by atoms with van der Waals surface area (Å²) in [6.07, 6.45) is 1.85. The lowest BCUT2D eigenvalue weighted by atomic mass is 9.94. The first kappa shape index (κ1) is 39.8. The van der Waals surface area contributed by atoms with Crippen LogP contribution in [0.25, 0.3) is 0 Å². The van der Waals surface area contributed by atoms with Gasteiger partial charge in [0.25, 0.3) is 0 Å². The number of aliphatic hydroxyl groups excluding tert-OH is 2. The zero-order valence-electron chi connectivity index (χ0n) is 26.2. The molecule has 0 aliphatic rings. The number of ether oxygens (including phenoxy) is 6. The standard InChI is InChI=1S/C32H42O14/c1-5-29(37)43-13-9-7-11-41-17-23(35)19-45-31(39)27-16-28(26(22(4)34)15-25(27)21(3)33)32(40)46-20-24(36)18-42-12-8-10-14-44-30(38)6-2/h5-6,15-16,23-24,35-36H,1-2,7-14,17-20H2,3-4H3. The normalized spacial score (nSPS) is 11.9. The summed E-state index contributed by atoms with van der Waals surface area (Å²) in [5.41, 5.74) is -1.01. The third-order valence-corrected chi connectivity index (χ3v) is 5.98. The number of rotatable bonds is 24. The van der Waals surface area contributed by atoms with Gasteiger partial charge in [0.1, 0.15) is 25.4 Å². The third kappa shape index (κ3) is 15.7. The van der Waals surface area contributed by atoms with E-state index in [2.05, 4.69) is 13.2 Å². The Labute approximate surface area is 267 Å². The Morgan fingerprint density at radius 2 is 0.935 bits per heavy atom. The molecule has 254 valence electrons. The lowest BCUT2D eigenvalue weighted by Crippen LogP contribution is -2.26. The highest BCUT2D eigenvalue weighted by atomic mass is 16.6. The molecule has 1 rings (SSSR count). The molecule has 0 amide bonds. The maximum Gasteiger partial charge on any atom is 0.338 e. The van der Waals surface area contributed by atoms with Crippen molar-refractivity contribution in [3.63, 3.8) is 0 Å². The molecule has 1 aromatic carbocycles. The van der Waals surface area contributed by atoms with E-state index in [1.165, 1.54) is 13.8 Å². The van der Waals surface area contributed by atoms with Gasteiger partial charge < -0.3 is 38.6 Å². The highest BCUT2D eigenvalue weighted by Crippen LogP contribution is 2.21. The van der Waals surface area contributed by atoms with Crippen LogP contribution < -0.4 is 0 Å². The van der Waals surface area contributed by atoms with Gasteiger partial charge in [0.2, 0.25) is 0 Å². The maximum absolute atomic E-state index is 12.9. The van der Waals surface area contributed by atoms with E-state index in [0.717, 1.165) is 24.3 Å².